The highest BCUT2D eigenvalue weighted by atomic mass is 16.4. The summed E-state index contributed by atoms with van der Waals surface area (Å²) in [5.41, 5.74) is 1.49. The van der Waals surface area contributed by atoms with Crippen LogP contribution in [0.1, 0.15) is 39.0 Å². The predicted molar refractivity (Wildman–Crippen MR) is 113 cm³/mol. The number of nitrogens with one attached hydrogen (secondary N) is 1. The number of hydrogen-bond donors (Lipinski definition) is 1. The van der Waals surface area contributed by atoms with Crippen LogP contribution < -0.4 is 10.7 Å². The van der Waals surface area contributed by atoms with Crippen LogP contribution in [-0.4, -0.2) is 17.4 Å². The topological polar surface area (TPSA) is 85.3 Å². The first-order chi connectivity index (χ1) is 14.3. The molecule has 2 fully saturated rings. The summed E-state index contributed by atoms with van der Waals surface area (Å²) in [6.07, 6.45) is 2.51. The molecule has 1 saturated heterocycles. The van der Waals surface area contributed by atoms with Gasteiger partial charge in [0.15, 0.2) is 5.58 Å². The third-order valence-corrected chi connectivity index (χ3v) is 6.96. The second-order valence-electron chi connectivity index (χ2n) is 9.54. The zero-order valence-corrected chi connectivity index (χ0v) is 17.0. The highest BCUT2D eigenvalue weighted by Gasteiger charge is 2.52. The monoisotopic (exact) mass is 402 g/mol. The van der Waals surface area contributed by atoms with E-state index in [1.165, 1.54) is 0 Å². The fourth-order valence-electron chi connectivity index (χ4n) is 5.76. The molecule has 1 N–H and O–H groups in total. The number of aromatic nitrogens is 1. The third kappa shape index (κ3) is 2.39. The van der Waals surface area contributed by atoms with Crippen molar-refractivity contribution in [1.82, 2.24) is 10.3 Å². The number of para-hydroxylation sites is 1. The summed E-state index contributed by atoms with van der Waals surface area (Å²) in [5.74, 6) is 1.16. The number of piperidine rings is 1. The van der Waals surface area contributed by atoms with Crippen LogP contribution in [0.4, 0.5) is 0 Å². The Bertz CT molecular complexity index is 1420. The van der Waals surface area contributed by atoms with Gasteiger partial charge in [-0.1, -0.05) is 26.0 Å². The summed E-state index contributed by atoms with van der Waals surface area (Å²) in [6.45, 7) is 4.88. The first kappa shape index (κ1) is 17.7. The van der Waals surface area contributed by atoms with E-state index in [1.54, 1.807) is 24.3 Å². The van der Waals surface area contributed by atoms with Gasteiger partial charge in [0.1, 0.15) is 16.7 Å². The molecule has 1 aliphatic heterocycles. The smallest absolute Gasteiger partial charge is 0.225 e. The first-order valence-electron chi connectivity index (χ1n) is 10.4. The Balaban J connectivity index is 1.52. The fourth-order valence-corrected chi connectivity index (χ4v) is 5.76. The highest BCUT2D eigenvalue weighted by molar-refractivity contribution is 5.96. The average molecular weight is 402 g/mol. The van der Waals surface area contributed by atoms with Crippen molar-refractivity contribution in [3.8, 4) is 0 Å². The van der Waals surface area contributed by atoms with Crippen LogP contribution in [0.2, 0.25) is 0 Å². The van der Waals surface area contributed by atoms with E-state index in [2.05, 4.69) is 12.2 Å². The lowest BCUT2D eigenvalue weighted by molar-refractivity contribution is -0.139. The Labute approximate surface area is 172 Å². The maximum atomic E-state index is 13.0. The molecule has 0 spiro atoms. The van der Waals surface area contributed by atoms with Crippen LogP contribution in [0.5, 0.6) is 0 Å². The quantitative estimate of drug-likeness (QED) is 0.480. The summed E-state index contributed by atoms with van der Waals surface area (Å²) >= 11 is 0. The molecular weight excluding hydrogens is 380 g/mol. The molecule has 152 valence electrons. The second kappa shape index (κ2) is 5.72. The van der Waals surface area contributed by atoms with Gasteiger partial charge < -0.3 is 14.2 Å². The number of oxazole rings is 1. The van der Waals surface area contributed by atoms with E-state index >= 15 is 0 Å². The number of benzene rings is 2. The Morgan fingerprint density at radius 1 is 0.967 bits per heavy atom. The number of carbonyl (C=O) groups is 1. The minimum Gasteiger partial charge on any atom is -0.456 e. The van der Waals surface area contributed by atoms with E-state index in [4.69, 9.17) is 13.8 Å². The predicted octanol–water partition coefficient (Wildman–Crippen LogP) is 4.28. The fraction of sp³-hybridized carbons (Fsp3) is 0.375. The normalized spacial score (nSPS) is 28.9. The van der Waals surface area contributed by atoms with Crippen LogP contribution in [0.15, 0.2) is 50.0 Å². The van der Waals surface area contributed by atoms with Gasteiger partial charge in [-0.15, -0.1) is 0 Å². The van der Waals surface area contributed by atoms with E-state index in [0.717, 1.165) is 12.8 Å². The van der Waals surface area contributed by atoms with E-state index in [-0.39, 0.29) is 16.8 Å². The van der Waals surface area contributed by atoms with E-state index in [0.29, 0.717) is 57.8 Å². The van der Waals surface area contributed by atoms with Crippen molar-refractivity contribution in [2.24, 2.45) is 11.3 Å². The Hall–Kier alpha value is -3.15. The Kier molecular flexibility index (Phi) is 3.37. The molecular formula is C24H22N2O4. The number of rotatable bonds is 1. The standard InChI is InChI=1S/C24H22N2O4/c1-23-9-13(11-25-21(23)28)10-24(2,12-23)22-26-16-7-15-18(8-19(16)30-22)29-17-6-4-3-5-14(17)20(15)27/h3-8,13H,9-12H2,1-2H3,(H,25,28). The zero-order valence-electron chi connectivity index (χ0n) is 17.0. The molecule has 4 aromatic rings. The number of amides is 1. The van der Waals surface area contributed by atoms with Gasteiger partial charge >= 0.3 is 0 Å². The van der Waals surface area contributed by atoms with Gasteiger partial charge in [0, 0.05) is 23.4 Å². The second-order valence-corrected chi connectivity index (χ2v) is 9.54. The Morgan fingerprint density at radius 3 is 2.63 bits per heavy atom. The molecule has 2 bridgehead atoms. The van der Waals surface area contributed by atoms with E-state index in [1.807, 2.05) is 19.1 Å². The molecule has 30 heavy (non-hydrogen) atoms. The van der Waals surface area contributed by atoms with Crippen molar-refractivity contribution in [2.75, 3.05) is 6.54 Å². The SMILES string of the molecule is CC12CC(CNC1=O)CC(C)(c1nc3cc4c(=O)c5ccccc5oc4cc3o1)C2. The van der Waals surface area contributed by atoms with Crippen molar-refractivity contribution in [2.45, 2.75) is 38.5 Å². The molecule has 2 aromatic carbocycles. The number of hydrogen-bond acceptors (Lipinski definition) is 5. The summed E-state index contributed by atoms with van der Waals surface area (Å²) in [7, 11) is 0. The lowest BCUT2D eigenvalue weighted by Crippen LogP contribution is -2.55. The van der Waals surface area contributed by atoms with Crippen LogP contribution >= 0.6 is 0 Å². The molecule has 2 aromatic heterocycles. The Morgan fingerprint density at radius 2 is 1.77 bits per heavy atom. The largest absolute Gasteiger partial charge is 0.456 e. The van der Waals surface area contributed by atoms with Crippen molar-refractivity contribution >= 4 is 38.9 Å². The molecule has 1 saturated carbocycles. The summed E-state index contributed by atoms with van der Waals surface area (Å²) in [5, 5.41) is 4.10. The van der Waals surface area contributed by atoms with E-state index < -0.39 is 5.41 Å². The van der Waals surface area contributed by atoms with Gasteiger partial charge in [0.05, 0.1) is 10.8 Å². The zero-order chi connectivity index (χ0) is 20.7. The maximum Gasteiger partial charge on any atom is 0.225 e. The molecule has 2 aliphatic rings. The number of fused-ring (bicyclic) bond motifs is 5. The summed E-state index contributed by atoms with van der Waals surface area (Å²) in [6, 6.07) is 10.8. The van der Waals surface area contributed by atoms with Gasteiger partial charge in [-0.2, -0.15) is 0 Å². The molecule has 6 heteroatoms. The van der Waals surface area contributed by atoms with Crippen LogP contribution in [0, 0.1) is 11.3 Å². The van der Waals surface area contributed by atoms with Crippen molar-refractivity contribution in [1.29, 1.82) is 0 Å². The molecule has 3 heterocycles. The lowest BCUT2D eigenvalue weighted by atomic mass is 9.58. The highest BCUT2D eigenvalue weighted by Crippen LogP contribution is 2.52. The number of carbonyl (C=O) groups excluding carboxylic acids is 1. The van der Waals surface area contributed by atoms with Gasteiger partial charge in [-0.3, -0.25) is 9.59 Å². The van der Waals surface area contributed by atoms with Crippen LogP contribution in [0.3, 0.4) is 0 Å². The minimum atomic E-state index is -0.406. The van der Waals surface area contributed by atoms with E-state index in [9.17, 15) is 9.59 Å². The first-order valence-corrected chi connectivity index (χ1v) is 10.4. The van der Waals surface area contributed by atoms with Gasteiger partial charge in [0.2, 0.25) is 17.2 Å². The van der Waals surface area contributed by atoms with Crippen LogP contribution in [-0.2, 0) is 10.2 Å². The third-order valence-electron chi connectivity index (χ3n) is 6.96. The van der Waals surface area contributed by atoms with Gasteiger partial charge in [-0.05, 0) is 43.4 Å². The van der Waals surface area contributed by atoms with Crippen molar-refractivity contribution in [3.05, 3.63) is 52.5 Å². The molecule has 3 unspecified atom stereocenters. The maximum absolute atomic E-state index is 13.0. The molecule has 0 radical (unpaired) electrons. The molecule has 6 nitrogen and oxygen atoms in total. The van der Waals surface area contributed by atoms with Crippen LogP contribution in [0.25, 0.3) is 33.0 Å². The average Bonchev–Trinajstić information content (AvgIpc) is 3.13. The van der Waals surface area contributed by atoms with Gasteiger partial charge in [-0.25, -0.2) is 4.98 Å². The van der Waals surface area contributed by atoms with Crippen molar-refractivity contribution < 1.29 is 13.6 Å². The van der Waals surface area contributed by atoms with Gasteiger partial charge in [0.25, 0.3) is 0 Å². The molecule has 6 rings (SSSR count). The number of nitrogens with zero attached hydrogens (tertiary/aromatic N) is 1. The molecule has 1 aliphatic carbocycles. The lowest BCUT2D eigenvalue weighted by Gasteiger charge is -2.49. The summed E-state index contributed by atoms with van der Waals surface area (Å²) < 4.78 is 12.2. The molecule has 3 atom stereocenters. The summed E-state index contributed by atoms with van der Waals surface area (Å²) in [4.78, 5) is 30.3. The molecule has 1 amide bonds. The van der Waals surface area contributed by atoms with Crippen molar-refractivity contribution in [3.63, 3.8) is 0 Å². The minimum absolute atomic E-state index is 0.0686.